The van der Waals surface area contributed by atoms with Crippen LogP contribution in [0.1, 0.15) is 0 Å². The number of ether oxygens (including phenoxy) is 2. The first-order valence-electron chi connectivity index (χ1n) is 6.53. The number of nitrogen functional groups attached to an aromatic ring is 2. The van der Waals surface area contributed by atoms with Crippen molar-refractivity contribution in [2.45, 2.75) is 0 Å². The van der Waals surface area contributed by atoms with Gasteiger partial charge in [0, 0.05) is 23.7 Å². The van der Waals surface area contributed by atoms with Gasteiger partial charge in [0.05, 0.1) is 24.0 Å². The van der Waals surface area contributed by atoms with Crippen LogP contribution in [-0.2, 0) is 0 Å². The summed E-state index contributed by atoms with van der Waals surface area (Å²) < 4.78 is 24.4. The molecular formula is C16H14FN3O2. The first-order chi connectivity index (χ1) is 10.6. The Morgan fingerprint density at radius 1 is 1.00 bits per heavy atom. The van der Waals surface area contributed by atoms with Crippen molar-refractivity contribution >= 4 is 22.3 Å². The highest BCUT2D eigenvalue weighted by Crippen LogP contribution is 2.34. The van der Waals surface area contributed by atoms with Crippen molar-refractivity contribution in [3.05, 3.63) is 48.4 Å². The number of benzene rings is 2. The molecule has 0 saturated heterocycles. The van der Waals surface area contributed by atoms with Crippen molar-refractivity contribution in [3.63, 3.8) is 0 Å². The van der Waals surface area contributed by atoms with Gasteiger partial charge in [0.2, 0.25) is 0 Å². The molecule has 0 fully saturated rings. The van der Waals surface area contributed by atoms with E-state index >= 15 is 0 Å². The van der Waals surface area contributed by atoms with Crippen LogP contribution in [0.3, 0.4) is 0 Å². The van der Waals surface area contributed by atoms with Gasteiger partial charge >= 0.3 is 0 Å². The lowest BCUT2D eigenvalue weighted by Crippen LogP contribution is -1.95. The number of anilines is 2. The standard InChI is InChI=1S/C16H14FN3O2/c1-21-16-8-14-10(7-13(16)19)15(4-5-20-14)22-9-2-3-12(18)11(17)6-9/h2-8H,18-19H2,1H3. The van der Waals surface area contributed by atoms with E-state index in [2.05, 4.69) is 4.98 Å². The highest BCUT2D eigenvalue weighted by molar-refractivity contribution is 5.90. The highest BCUT2D eigenvalue weighted by atomic mass is 19.1. The SMILES string of the molecule is COc1cc2nccc(Oc3ccc(N)c(F)c3)c2cc1N. The number of nitrogens with two attached hydrogens (primary N) is 2. The van der Waals surface area contributed by atoms with E-state index in [0.717, 1.165) is 0 Å². The zero-order valence-corrected chi connectivity index (χ0v) is 11.8. The summed E-state index contributed by atoms with van der Waals surface area (Å²) in [4.78, 5) is 4.26. The van der Waals surface area contributed by atoms with Gasteiger partial charge in [-0.1, -0.05) is 0 Å². The molecule has 0 aliphatic heterocycles. The lowest BCUT2D eigenvalue weighted by molar-refractivity contribution is 0.417. The number of fused-ring (bicyclic) bond motifs is 1. The van der Waals surface area contributed by atoms with Crippen molar-refractivity contribution in [2.24, 2.45) is 0 Å². The molecule has 5 nitrogen and oxygen atoms in total. The third-order valence-electron chi connectivity index (χ3n) is 3.25. The first-order valence-corrected chi connectivity index (χ1v) is 6.53. The van der Waals surface area contributed by atoms with Crippen LogP contribution in [-0.4, -0.2) is 12.1 Å². The minimum absolute atomic E-state index is 0.0703. The number of aromatic nitrogens is 1. The first kappa shape index (κ1) is 13.9. The van der Waals surface area contributed by atoms with Crippen LogP contribution in [0.25, 0.3) is 10.9 Å². The number of pyridine rings is 1. The van der Waals surface area contributed by atoms with Gasteiger partial charge in [0.1, 0.15) is 23.1 Å². The monoisotopic (exact) mass is 299 g/mol. The Kier molecular flexibility index (Phi) is 3.42. The molecule has 0 aliphatic carbocycles. The molecule has 112 valence electrons. The number of halogens is 1. The predicted molar refractivity (Wildman–Crippen MR) is 83.6 cm³/mol. The predicted octanol–water partition coefficient (Wildman–Crippen LogP) is 3.34. The fraction of sp³-hybridized carbons (Fsp3) is 0.0625. The summed E-state index contributed by atoms with van der Waals surface area (Å²) in [5.41, 5.74) is 12.6. The molecule has 4 N–H and O–H groups in total. The van der Waals surface area contributed by atoms with Crippen molar-refractivity contribution in [1.82, 2.24) is 4.98 Å². The van der Waals surface area contributed by atoms with Gasteiger partial charge in [-0.15, -0.1) is 0 Å². The summed E-state index contributed by atoms with van der Waals surface area (Å²) in [7, 11) is 1.54. The Labute approximate surface area is 126 Å². The largest absolute Gasteiger partial charge is 0.495 e. The van der Waals surface area contributed by atoms with E-state index in [-0.39, 0.29) is 5.69 Å². The number of nitrogens with zero attached hydrogens (tertiary/aromatic N) is 1. The van der Waals surface area contributed by atoms with Crippen molar-refractivity contribution in [3.8, 4) is 17.2 Å². The summed E-state index contributed by atoms with van der Waals surface area (Å²) in [6, 6.07) is 9.39. The van der Waals surface area contributed by atoms with Crippen LogP contribution in [0.2, 0.25) is 0 Å². The minimum atomic E-state index is -0.531. The molecule has 1 heterocycles. The zero-order chi connectivity index (χ0) is 15.7. The second kappa shape index (κ2) is 5.40. The third-order valence-corrected chi connectivity index (χ3v) is 3.25. The number of methoxy groups -OCH3 is 1. The Hall–Kier alpha value is -3.02. The van der Waals surface area contributed by atoms with E-state index < -0.39 is 5.82 Å². The summed E-state index contributed by atoms with van der Waals surface area (Å²) >= 11 is 0. The average Bonchev–Trinajstić information content (AvgIpc) is 2.51. The quantitative estimate of drug-likeness (QED) is 0.725. The molecule has 6 heteroatoms. The Morgan fingerprint density at radius 3 is 2.55 bits per heavy atom. The van der Waals surface area contributed by atoms with Crippen LogP contribution >= 0.6 is 0 Å². The average molecular weight is 299 g/mol. The molecule has 2 aromatic carbocycles. The van der Waals surface area contributed by atoms with Gasteiger partial charge in [-0.2, -0.15) is 0 Å². The molecule has 0 bridgehead atoms. The summed E-state index contributed by atoms with van der Waals surface area (Å²) in [5, 5.41) is 0.707. The molecule has 0 radical (unpaired) electrons. The van der Waals surface area contributed by atoms with Crippen LogP contribution in [0.15, 0.2) is 42.6 Å². The van der Waals surface area contributed by atoms with Gasteiger partial charge in [0.15, 0.2) is 0 Å². The number of hydrogen-bond acceptors (Lipinski definition) is 5. The topological polar surface area (TPSA) is 83.4 Å². The Balaban J connectivity index is 2.06. The van der Waals surface area contributed by atoms with E-state index in [1.807, 2.05) is 0 Å². The normalized spacial score (nSPS) is 10.6. The van der Waals surface area contributed by atoms with Gasteiger partial charge in [-0.3, -0.25) is 4.98 Å². The number of hydrogen-bond donors (Lipinski definition) is 2. The van der Waals surface area contributed by atoms with E-state index in [0.29, 0.717) is 33.8 Å². The molecule has 3 aromatic rings. The molecule has 22 heavy (non-hydrogen) atoms. The summed E-state index contributed by atoms with van der Waals surface area (Å²) in [6.07, 6.45) is 1.60. The fourth-order valence-electron chi connectivity index (χ4n) is 2.13. The lowest BCUT2D eigenvalue weighted by Gasteiger charge is -2.11. The zero-order valence-electron chi connectivity index (χ0n) is 11.8. The molecule has 0 spiro atoms. The van der Waals surface area contributed by atoms with Gasteiger partial charge < -0.3 is 20.9 Å². The highest BCUT2D eigenvalue weighted by Gasteiger charge is 2.10. The molecule has 0 unspecified atom stereocenters. The third kappa shape index (κ3) is 2.46. The molecule has 3 rings (SSSR count). The maximum Gasteiger partial charge on any atom is 0.149 e. The van der Waals surface area contributed by atoms with Crippen LogP contribution in [0, 0.1) is 5.82 Å². The molecule has 0 amide bonds. The van der Waals surface area contributed by atoms with Crippen LogP contribution < -0.4 is 20.9 Å². The van der Waals surface area contributed by atoms with Gasteiger partial charge in [0.25, 0.3) is 0 Å². The second-order valence-corrected chi connectivity index (χ2v) is 4.71. The van der Waals surface area contributed by atoms with Crippen LogP contribution in [0.4, 0.5) is 15.8 Å². The second-order valence-electron chi connectivity index (χ2n) is 4.71. The minimum Gasteiger partial charge on any atom is -0.495 e. The molecule has 0 aliphatic rings. The van der Waals surface area contributed by atoms with Crippen molar-refractivity contribution in [1.29, 1.82) is 0 Å². The van der Waals surface area contributed by atoms with E-state index in [1.165, 1.54) is 19.2 Å². The Bertz CT molecular complexity index is 852. The van der Waals surface area contributed by atoms with E-state index in [9.17, 15) is 4.39 Å². The number of rotatable bonds is 3. The maximum absolute atomic E-state index is 13.5. The lowest BCUT2D eigenvalue weighted by atomic mass is 10.1. The molecule has 0 saturated carbocycles. The Morgan fingerprint density at radius 2 is 1.82 bits per heavy atom. The van der Waals surface area contributed by atoms with Gasteiger partial charge in [-0.05, 0) is 24.3 Å². The maximum atomic E-state index is 13.5. The van der Waals surface area contributed by atoms with Crippen LogP contribution in [0.5, 0.6) is 17.2 Å². The smallest absolute Gasteiger partial charge is 0.149 e. The molecule has 0 atom stereocenters. The van der Waals surface area contributed by atoms with E-state index in [1.54, 1.807) is 30.5 Å². The summed E-state index contributed by atoms with van der Waals surface area (Å²) in [5.74, 6) is 0.866. The fourth-order valence-corrected chi connectivity index (χ4v) is 2.13. The van der Waals surface area contributed by atoms with Crippen molar-refractivity contribution < 1.29 is 13.9 Å². The van der Waals surface area contributed by atoms with Crippen molar-refractivity contribution in [2.75, 3.05) is 18.6 Å². The van der Waals surface area contributed by atoms with Gasteiger partial charge in [-0.25, -0.2) is 4.39 Å². The van der Waals surface area contributed by atoms with E-state index in [4.69, 9.17) is 20.9 Å². The molecule has 1 aromatic heterocycles. The summed E-state index contributed by atoms with van der Waals surface area (Å²) in [6.45, 7) is 0. The molecular weight excluding hydrogens is 285 g/mol.